The maximum absolute atomic E-state index is 11.4. The van der Waals surface area contributed by atoms with E-state index in [4.69, 9.17) is 9.57 Å². The van der Waals surface area contributed by atoms with Crippen molar-refractivity contribution in [3.05, 3.63) is 0 Å². The summed E-state index contributed by atoms with van der Waals surface area (Å²) in [6.07, 6.45) is 1.65. The summed E-state index contributed by atoms with van der Waals surface area (Å²) in [5.74, 6) is -0.0955. The van der Waals surface area contributed by atoms with Gasteiger partial charge in [-0.2, -0.15) is 0 Å². The summed E-state index contributed by atoms with van der Waals surface area (Å²) in [5, 5.41) is 1.21. The molecule has 12 heavy (non-hydrogen) atoms. The molecule has 1 aliphatic heterocycles. The lowest BCUT2D eigenvalue weighted by molar-refractivity contribution is -0.179. The summed E-state index contributed by atoms with van der Waals surface area (Å²) >= 11 is 0. The normalized spacial score (nSPS) is 28.9. The summed E-state index contributed by atoms with van der Waals surface area (Å²) < 4.78 is 5.37. The van der Waals surface area contributed by atoms with Crippen molar-refractivity contribution in [2.45, 2.75) is 32.0 Å². The molecule has 1 aliphatic rings. The van der Waals surface area contributed by atoms with E-state index in [9.17, 15) is 4.79 Å². The van der Waals surface area contributed by atoms with Gasteiger partial charge in [0.2, 0.25) is 0 Å². The molecule has 1 fully saturated rings. The Kier molecular flexibility index (Phi) is 3.05. The van der Waals surface area contributed by atoms with Gasteiger partial charge in [0, 0.05) is 7.05 Å². The smallest absolute Gasteiger partial charge is 0.274 e. The molecule has 0 spiro atoms. The van der Waals surface area contributed by atoms with Crippen LogP contribution in [0.3, 0.4) is 0 Å². The van der Waals surface area contributed by atoms with Crippen LogP contribution in [0, 0.1) is 0 Å². The van der Waals surface area contributed by atoms with Gasteiger partial charge in [-0.25, -0.2) is 5.06 Å². The fourth-order valence-corrected chi connectivity index (χ4v) is 1.28. The molecule has 0 aromatic heterocycles. The second-order valence-electron chi connectivity index (χ2n) is 3.03. The van der Waals surface area contributed by atoms with Crippen LogP contribution in [0.4, 0.5) is 0 Å². The quantitative estimate of drug-likeness (QED) is 0.573. The average molecular weight is 173 g/mol. The summed E-state index contributed by atoms with van der Waals surface area (Å²) in [4.78, 5) is 16.2. The van der Waals surface area contributed by atoms with Crippen LogP contribution < -0.4 is 0 Å². The Labute approximate surface area is 72.4 Å². The predicted octanol–water partition coefficient (Wildman–Crippen LogP) is 0.574. The summed E-state index contributed by atoms with van der Waals surface area (Å²) in [7, 11) is 3.06. The van der Waals surface area contributed by atoms with Gasteiger partial charge in [0.25, 0.3) is 5.91 Å². The van der Waals surface area contributed by atoms with Crippen molar-refractivity contribution < 1.29 is 14.4 Å². The zero-order chi connectivity index (χ0) is 9.14. The van der Waals surface area contributed by atoms with Gasteiger partial charge in [-0.3, -0.25) is 9.63 Å². The highest BCUT2D eigenvalue weighted by molar-refractivity contribution is 5.79. The lowest BCUT2D eigenvalue weighted by atomic mass is 10.2. The number of likely N-dealkylation sites (N-methyl/N-ethyl adjacent to an activating group) is 1. The zero-order valence-corrected chi connectivity index (χ0v) is 7.74. The van der Waals surface area contributed by atoms with Gasteiger partial charge in [0.05, 0.1) is 13.2 Å². The van der Waals surface area contributed by atoms with Crippen molar-refractivity contribution in [2.75, 3.05) is 14.2 Å². The molecular formula is C8H15NO3. The maximum atomic E-state index is 11.4. The number of hydrogen-bond donors (Lipinski definition) is 0. The van der Waals surface area contributed by atoms with E-state index < -0.39 is 0 Å². The summed E-state index contributed by atoms with van der Waals surface area (Å²) in [6, 6.07) is 0. The molecule has 0 bridgehead atoms. The molecule has 0 unspecified atom stereocenters. The Morgan fingerprint density at radius 3 is 2.67 bits per heavy atom. The van der Waals surface area contributed by atoms with Gasteiger partial charge in [-0.15, -0.1) is 0 Å². The first kappa shape index (κ1) is 9.48. The molecule has 0 N–H and O–H groups in total. The van der Waals surface area contributed by atoms with Gasteiger partial charge in [-0.1, -0.05) is 0 Å². The molecule has 0 aromatic rings. The molecule has 1 heterocycles. The third kappa shape index (κ3) is 1.95. The first-order valence-electron chi connectivity index (χ1n) is 4.12. The van der Waals surface area contributed by atoms with Gasteiger partial charge < -0.3 is 4.74 Å². The fourth-order valence-electron chi connectivity index (χ4n) is 1.28. The minimum atomic E-state index is -0.301. The number of nitrogens with zero attached hydrogens (tertiary/aromatic N) is 1. The number of carbonyl (C=O) groups is 1. The molecule has 70 valence electrons. The van der Waals surface area contributed by atoms with Crippen molar-refractivity contribution >= 4 is 5.91 Å². The lowest BCUT2D eigenvalue weighted by Gasteiger charge is -2.17. The standard InChI is InChI=1S/C8H15NO3/c1-6-4-5-7(12-6)8(10)9(2)11-3/h6-7H,4-5H2,1-3H3/t6-,7-/m0/s1. The Balaban J connectivity index is 2.43. The Hall–Kier alpha value is -0.610. The highest BCUT2D eigenvalue weighted by Crippen LogP contribution is 2.20. The molecule has 2 atom stereocenters. The second kappa shape index (κ2) is 3.87. The number of rotatable bonds is 2. The minimum Gasteiger partial charge on any atom is -0.365 e. The van der Waals surface area contributed by atoms with Crippen LogP contribution in [0.1, 0.15) is 19.8 Å². The topological polar surface area (TPSA) is 38.8 Å². The highest BCUT2D eigenvalue weighted by Gasteiger charge is 2.30. The van der Waals surface area contributed by atoms with E-state index in [2.05, 4.69) is 0 Å². The zero-order valence-electron chi connectivity index (χ0n) is 7.74. The van der Waals surface area contributed by atoms with Crippen LogP contribution in [-0.2, 0) is 14.4 Å². The van der Waals surface area contributed by atoms with E-state index in [0.717, 1.165) is 12.8 Å². The van der Waals surface area contributed by atoms with Crippen LogP contribution >= 0.6 is 0 Å². The van der Waals surface area contributed by atoms with Gasteiger partial charge >= 0.3 is 0 Å². The van der Waals surface area contributed by atoms with E-state index in [1.807, 2.05) is 6.92 Å². The largest absolute Gasteiger partial charge is 0.365 e. The highest BCUT2D eigenvalue weighted by atomic mass is 16.7. The molecule has 4 nitrogen and oxygen atoms in total. The van der Waals surface area contributed by atoms with Crippen LogP contribution in [0.25, 0.3) is 0 Å². The van der Waals surface area contributed by atoms with Crippen molar-refractivity contribution in [1.29, 1.82) is 0 Å². The third-order valence-electron chi connectivity index (χ3n) is 2.09. The predicted molar refractivity (Wildman–Crippen MR) is 43.3 cm³/mol. The SMILES string of the molecule is CON(C)C(=O)[C@@H]1CC[C@H](C)O1. The van der Waals surface area contributed by atoms with E-state index in [1.54, 1.807) is 7.05 Å². The molecule has 0 aromatic carbocycles. The number of hydrogen-bond acceptors (Lipinski definition) is 3. The molecule has 0 radical (unpaired) electrons. The summed E-state index contributed by atoms with van der Waals surface area (Å²) in [5.41, 5.74) is 0. The van der Waals surface area contributed by atoms with Crippen molar-refractivity contribution in [2.24, 2.45) is 0 Å². The van der Waals surface area contributed by atoms with Crippen LogP contribution in [0.5, 0.6) is 0 Å². The average Bonchev–Trinajstić information content (AvgIpc) is 2.49. The van der Waals surface area contributed by atoms with E-state index in [0.29, 0.717) is 0 Å². The Morgan fingerprint density at radius 1 is 1.58 bits per heavy atom. The van der Waals surface area contributed by atoms with Crippen molar-refractivity contribution in [1.82, 2.24) is 5.06 Å². The number of carbonyl (C=O) groups excluding carboxylic acids is 1. The van der Waals surface area contributed by atoms with Crippen LogP contribution in [-0.4, -0.2) is 37.3 Å². The molecule has 0 aliphatic carbocycles. The number of ether oxygens (including phenoxy) is 1. The minimum absolute atomic E-state index is 0.0955. The lowest BCUT2D eigenvalue weighted by Crippen LogP contribution is -2.35. The van der Waals surface area contributed by atoms with Crippen LogP contribution in [0.15, 0.2) is 0 Å². The van der Waals surface area contributed by atoms with Gasteiger partial charge in [0.1, 0.15) is 6.10 Å². The molecule has 0 saturated carbocycles. The van der Waals surface area contributed by atoms with E-state index in [-0.39, 0.29) is 18.1 Å². The van der Waals surface area contributed by atoms with Crippen molar-refractivity contribution in [3.63, 3.8) is 0 Å². The Morgan fingerprint density at radius 2 is 2.25 bits per heavy atom. The maximum Gasteiger partial charge on any atom is 0.274 e. The number of hydroxylamine groups is 2. The molecular weight excluding hydrogens is 158 g/mol. The molecule has 1 amide bonds. The Bertz CT molecular complexity index is 172. The van der Waals surface area contributed by atoms with Gasteiger partial charge in [-0.05, 0) is 19.8 Å². The van der Waals surface area contributed by atoms with E-state index in [1.165, 1.54) is 12.2 Å². The second-order valence-corrected chi connectivity index (χ2v) is 3.03. The van der Waals surface area contributed by atoms with Gasteiger partial charge in [0.15, 0.2) is 0 Å². The monoisotopic (exact) mass is 173 g/mol. The fraction of sp³-hybridized carbons (Fsp3) is 0.875. The first-order valence-corrected chi connectivity index (χ1v) is 4.12. The first-order chi connectivity index (χ1) is 5.65. The number of amides is 1. The summed E-state index contributed by atoms with van der Waals surface area (Å²) in [6.45, 7) is 1.97. The molecule has 4 heteroatoms. The molecule has 1 rings (SSSR count). The van der Waals surface area contributed by atoms with E-state index >= 15 is 0 Å². The third-order valence-corrected chi connectivity index (χ3v) is 2.09. The van der Waals surface area contributed by atoms with Crippen LogP contribution in [0.2, 0.25) is 0 Å². The van der Waals surface area contributed by atoms with Crippen molar-refractivity contribution in [3.8, 4) is 0 Å². The molecule has 1 saturated heterocycles.